The number of aromatic nitrogens is 3. The van der Waals surface area contributed by atoms with Crippen LogP contribution in [0.15, 0.2) is 77.9 Å². The van der Waals surface area contributed by atoms with Crippen LogP contribution in [-0.4, -0.2) is 26.3 Å². The van der Waals surface area contributed by atoms with Crippen molar-refractivity contribution < 1.29 is 14.0 Å². The molecule has 0 spiro atoms. The van der Waals surface area contributed by atoms with Gasteiger partial charge in [0.05, 0.1) is 27.7 Å². The van der Waals surface area contributed by atoms with E-state index in [0.717, 1.165) is 38.5 Å². The molecule has 0 radical (unpaired) electrons. The Morgan fingerprint density at radius 1 is 1.02 bits per heavy atom. The molecule has 6 rings (SSSR count). The number of rotatable bonds is 5. The summed E-state index contributed by atoms with van der Waals surface area (Å²) < 4.78 is 15.3. The number of hydrogen-bond donors (Lipinski definition) is 3. The van der Waals surface area contributed by atoms with E-state index in [9.17, 15) is 18.8 Å². The Bertz CT molecular complexity index is 2080. The minimum Gasteiger partial charge on any atom is -0.366 e. The van der Waals surface area contributed by atoms with Gasteiger partial charge in [0, 0.05) is 29.8 Å². The molecule has 2 aromatic heterocycles. The van der Waals surface area contributed by atoms with E-state index in [1.54, 1.807) is 6.07 Å². The quantitative estimate of drug-likeness (QED) is 0.293. The summed E-state index contributed by atoms with van der Waals surface area (Å²) in [5, 5.41) is 4.67. The summed E-state index contributed by atoms with van der Waals surface area (Å²) in [5.74, 6) is -1.20. The molecule has 0 fully saturated rings. The summed E-state index contributed by atoms with van der Waals surface area (Å²) in [4.78, 5) is 44.8. The Balaban J connectivity index is 1.58. The molecule has 2 amide bonds. The van der Waals surface area contributed by atoms with E-state index in [4.69, 9.17) is 5.73 Å². The lowest BCUT2D eigenvalue weighted by atomic mass is 9.93. The predicted octanol–water partition coefficient (Wildman–Crippen LogP) is 4.87. The van der Waals surface area contributed by atoms with Gasteiger partial charge in [-0.1, -0.05) is 30.3 Å². The van der Waals surface area contributed by atoms with Gasteiger partial charge in [0.1, 0.15) is 12.1 Å². The number of H-pyrrole nitrogens is 1. The monoisotopic (exact) mass is 533 g/mol. The normalized spacial score (nSPS) is 11.4. The van der Waals surface area contributed by atoms with Gasteiger partial charge < -0.3 is 16.0 Å². The van der Waals surface area contributed by atoms with Crippen LogP contribution in [0, 0.1) is 12.7 Å². The Kier molecular flexibility index (Phi) is 5.91. The number of nitrogens with one attached hydrogen (secondary N) is 2. The lowest BCUT2D eigenvalue weighted by Gasteiger charge is -2.15. The zero-order valence-corrected chi connectivity index (χ0v) is 21.7. The summed E-state index contributed by atoms with van der Waals surface area (Å²) in [6.45, 7) is 3.74. The maximum atomic E-state index is 13.9. The third-order valence-electron chi connectivity index (χ3n) is 7.20. The Morgan fingerprint density at radius 3 is 2.62 bits per heavy atom. The molecule has 2 heterocycles. The van der Waals surface area contributed by atoms with E-state index in [1.807, 2.05) is 49.4 Å². The molecule has 0 saturated heterocycles. The number of halogens is 1. The Morgan fingerprint density at radius 2 is 1.85 bits per heavy atom. The fourth-order valence-electron chi connectivity index (χ4n) is 5.27. The van der Waals surface area contributed by atoms with Crippen molar-refractivity contribution in [2.75, 3.05) is 0 Å². The number of aromatic amines is 1. The molecule has 9 heteroatoms. The van der Waals surface area contributed by atoms with Crippen LogP contribution < -0.4 is 16.6 Å². The second-order valence-electron chi connectivity index (χ2n) is 9.72. The first-order valence-corrected chi connectivity index (χ1v) is 12.6. The third kappa shape index (κ3) is 4.08. The number of nitrogens with two attached hydrogens (primary N) is 1. The van der Waals surface area contributed by atoms with E-state index in [0.29, 0.717) is 28.8 Å². The molecule has 6 aromatic rings. The van der Waals surface area contributed by atoms with E-state index >= 15 is 0 Å². The third-order valence-corrected chi connectivity index (χ3v) is 7.20. The van der Waals surface area contributed by atoms with Gasteiger partial charge in [-0.15, -0.1) is 0 Å². The SMILES string of the molecule is CC(=O)NCc1ccc2c(c1)[nH]c1c(C(N)=O)ccc(-c3cccc(-n4cnc5ccc(F)cc5c4=O)c3C)c12. The highest BCUT2D eigenvalue weighted by Crippen LogP contribution is 2.39. The van der Waals surface area contributed by atoms with E-state index in [-0.39, 0.29) is 16.9 Å². The van der Waals surface area contributed by atoms with E-state index < -0.39 is 11.7 Å². The zero-order chi connectivity index (χ0) is 28.1. The number of nitrogens with zero attached hydrogens (tertiary/aromatic N) is 2. The molecular formula is C31H24FN5O3. The standard InChI is InChI=1S/C31H24FN5O3/c1-16-20(4-3-5-27(16)37-15-35-25-11-7-19(32)13-24(25)31(37)40)21-9-10-23(30(33)39)29-28(21)22-8-6-18(12-26(22)36-29)14-34-17(2)38/h3-13,15,36H,14H2,1-2H3,(H2,33,39)(H,34,38). The van der Waals surface area contributed by atoms with Crippen LogP contribution in [0.3, 0.4) is 0 Å². The average Bonchev–Trinajstić information content (AvgIpc) is 3.31. The fraction of sp³-hybridized carbons (Fsp3) is 0.0968. The van der Waals surface area contributed by atoms with Gasteiger partial charge in [-0.05, 0) is 65.6 Å². The molecular weight excluding hydrogens is 509 g/mol. The second kappa shape index (κ2) is 9.46. The molecule has 0 aliphatic rings. The lowest BCUT2D eigenvalue weighted by molar-refractivity contribution is -0.119. The fourth-order valence-corrected chi connectivity index (χ4v) is 5.27. The maximum Gasteiger partial charge on any atom is 0.265 e. The van der Waals surface area contributed by atoms with Crippen LogP contribution in [0.4, 0.5) is 4.39 Å². The number of fused-ring (bicyclic) bond motifs is 4. The molecule has 198 valence electrons. The van der Waals surface area contributed by atoms with E-state index in [1.165, 1.54) is 36.0 Å². The Hall–Kier alpha value is -5.31. The van der Waals surface area contributed by atoms with Crippen LogP contribution >= 0.6 is 0 Å². The van der Waals surface area contributed by atoms with Gasteiger partial charge in [-0.25, -0.2) is 9.37 Å². The molecule has 8 nitrogen and oxygen atoms in total. The van der Waals surface area contributed by atoms with Crippen molar-refractivity contribution in [3.63, 3.8) is 0 Å². The molecule has 40 heavy (non-hydrogen) atoms. The first-order chi connectivity index (χ1) is 19.2. The van der Waals surface area contributed by atoms with Crippen molar-refractivity contribution in [2.45, 2.75) is 20.4 Å². The van der Waals surface area contributed by atoms with Crippen molar-refractivity contribution in [2.24, 2.45) is 5.73 Å². The molecule has 0 bridgehead atoms. The molecule has 4 N–H and O–H groups in total. The number of benzene rings is 4. The first kappa shape index (κ1) is 25.0. The molecule has 0 atom stereocenters. The van der Waals surface area contributed by atoms with Crippen molar-refractivity contribution in [1.29, 1.82) is 0 Å². The molecule has 0 saturated carbocycles. The second-order valence-corrected chi connectivity index (χ2v) is 9.72. The van der Waals surface area contributed by atoms with Crippen LogP contribution in [-0.2, 0) is 11.3 Å². The summed E-state index contributed by atoms with van der Waals surface area (Å²) in [6, 6.07) is 18.9. The summed E-state index contributed by atoms with van der Waals surface area (Å²) in [7, 11) is 0. The summed E-state index contributed by atoms with van der Waals surface area (Å²) >= 11 is 0. The van der Waals surface area contributed by atoms with Crippen molar-refractivity contribution in [3.8, 4) is 16.8 Å². The highest BCUT2D eigenvalue weighted by atomic mass is 19.1. The summed E-state index contributed by atoms with van der Waals surface area (Å²) in [6.07, 6.45) is 1.45. The highest BCUT2D eigenvalue weighted by Gasteiger charge is 2.19. The maximum absolute atomic E-state index is 13.9. The van der Waals surface area contributed by atoms with Gasteiger partial charge >= 0.3 is 0 Å². The van der Waals surface area contributed by atoms with Gasteiger partial charge in [0.25, 0.3) is 11.5 Å². The number of primary amides is 1. The van der Waals surface area contributed by atoms with Gasteiger partial charge in [-0.2, -0.15) is 0 Å². The Labute approximate surface area is 227 Å². The largest absolute Gasteiger partial charge is 0.366 e. The molecule has 0 aliphatic heterocycles. The van der Waals surface area contributed by atoms with Gasteiger partial charge in [0.2, 0.25) is 5.91 Å². The van der Waals surface area contributed by atoms with Gasteiger partial charge in [-0.3, -0.25) is 19.0 Å². The molecule has 0 aliphatic carbocycles. The molecule has 4 aromatic carbocycles. The van der Waals surface area contributed by atoms with Gasteiger partial charge in [0.15, 0.2) is 0 Å². The van der Waals surface area contributed by atoms with Crippen LogP contribution in [0.2, 0.25) is 0 Å². The summed E-state index contributed by atoms with van der Waals surface area (Å²) in [5.41, 5.74) is 11.5. The van der Waals surface area contributed by atoms with Crippen molar-refractivity contribution in [3.05, 3.63) is 106 Å². The van der Waals surface area contributed by atoms with Crippen molar-refractivity contribution >= 4 is 44.5 Å². The topological polar surface area (TPSA) is 123 Å². The number of amides is 2. The smallest absolute Gasteiger partial charge is 0.265 e. The van der Waals surface area contributed by atoms with Crippen LogP contribution in [0.1, 0.15) is 28.4 Å². The highest BCUT2D eigenvalue weighted by molar-refractivity contribution is 6.20. The molecule has 0 unspecified atom stereocenters. The van der Waals surface area contributed by atoms with Crippen LogP contribution in [0.5, 0.6) is 0 Å². The number of carbonyl (C=O) groups excluding carboxylic acids is 2. The number of carbonyl (C=O) groups is 2. The van der Waals surface area contributed by atoms with Crippen LogP contribution in [0.25, 0.3) is 49.5 Å². The minimum absolute atomic E-state index is 0.128. The first-order valence-electron chi connectivity index (χ1n) is 12.6. The lowest BCUT2D eigenvalue weighted by Crippen LogP contribution is -2.20. The van der Waals surface area contributed by atoms with Crippen molar-refractivity contribution in [1.82, 2.24) is 19.9 Å². The number of hydrogen-bond acceptors (Lipinski definition) is 4. The predicted molar refractivity (Wildman–Crippen MR) is 153 cm³/mol. The average molecular weight is 534 g/mol. The zero-order valence-electron chi connectivity index (χ0n) is 21.7. The minimum atomic E-state index is -0.562. The van der Waals surface area contributed by atoms with E-state index in [2.05, 4.69) is 15.3 Å².